The fourth-order valence-electron chi connectivity index (χ4n) is 4.14. The Hall–Kier alpha value is -2.70. The van der Waals surface area contributed by atoms with Crippen molar-refractivity contribution in [2.75, 3.05) is 13.1 Å². The number of fused-ring (bicyclic) bond motifs is 1. The molecule has 3 heterocycles. The fraction of sp³-hybridized carbons (Fsp3) is 0.364. The number of hydrogen-bond acceptors (Lipinski definition) is 4. The first-order valence-corrected chi connectivity index (χ1v) is 9.91. The topological polar surface area (TPSA) is 69.9 Å². The molecular formula is C22H26N4O2. The summed E-state index contributed by atoms with van der Waals surface area (Å²) in [7, 11) is 0. The molecule has 1 unspecified atom stereocenters. The minimum Gasteiger partial charge on any atom is -0.296 e. The average molecular weight is 378 g/mol. The molecule has 0 spiro atoms. The first-order valence-electron chi connectivity index (χ1n) is 9.91. The number of hydrogen-bond donors (Lipinski definition) is 2. The molecule has 0 bridgehead atoms. The molecule has 1 aliphatic rings. The van der Waals surface area contributed by atoms with Crippen molar-refractivity contribution in [1.29, 1.82) is 0 Å². The lowest BCUT2D eigenvalue weighted by Crippen LogP contribution is -2.25. The quantitative estimate of drug-likeness (QED) is 0.489. The molecule has 1 aromatic carbocycles. The molecule has 1 amide bonds. The zero-order valence-electron chi connectivity index (χ0n) is 15.9. The Labute approximate surface area is 164 Å². The molecule has 0 radical (unpaired) electrons. The molecule has 0 saturated carbocycles. The molecule has 1 atom stereocenters. The maximum Gasteiger partial charge on any atom is 0.243 e. The van der Waals surface area contributed by atoms with E-state index in [0.29, 0.717) is 18.9 Å². The van der Waals surface area contributed by atoms with Crippen molar-refractivity contribution < 1.29 is 10.0 Å². The van der Waals surface area contributed by atoms with Crippen molar-refractivity contribution in [3.63, 3.8) is 0 Å². The number of rotatable bonds is 7. The van der Waals surface area contributed by atoms with Crippen LogP contribution in [0.4, 0.5) is 0 Å². The van der Waals surface area contributed by atoms with Crippen LogP contribution in [0, 0.1) is 0 Å². The Bertz CT molecular complexity index is 935. The van der Waals surface area contributed by atoms with Crippen molar-refractivity contribution in [1.82, 2.24) is 20.0 Å². The van der Waals surface area contributed by atoms with Crippen molar-refractivity contribution in [3.8, 4) is 0 Å². The van der Waals surface area contributed by atoms with Gasteiger partial charge in [0.05, 0.1) is 11.7 Å². The van der Waals surface area contributed by atoms with Gasteiger partial charge in [0, 0.05) is 25.2 Å². The van der Waals surface area contributed by atoms with E-state index in [1.807, 2.05) is 23.0 Å². The van der Waals surface area contributed by atoms with Crippen LogP contribution in [0.5, 0.6) is 0 Å². The van der Waals surface area contributed by atoms with Gasteiger partial charge in [0.15, 0.2) is 0 Å². The Balaban J connectivity index is 1.38. The van der Waals surface area contributed by atoms with Gasteiger partial charge in [-0.1, -0.05) is 30.3 Å². The Morgan fingerprint density at radius 2 is 2.04 bits per heavy atom. The third kappa shape index (κ3) is 4.08. The van der Waals surface area contributed by atoms with Crippen LogP contribution in [0.2, 0.25) is 0 Å². The van der Waals surface area contributed by atoms with Gasteiger partial charge in [-0.25, -0.2) is 10.00 Å². The minimum atomic E-state index is -0.348. The van der Waals surface area contributed by atoms with Gasteiger partial charge in [0.2, 0.25) is 5.91 Å². The van der Waals surface area contributed by atoms with Crippen LogP contribution in [-0.2, 0) is 17.6 Å². The average Bonchev–Trinajstić information content (AvgIpc) is 3.37. The maximum atomic E-state index is 11.2. The second-order valence-electron chi connectivity index (χ2n) is 7.42. The Morgan fingerprint density at radius 3 is 2.86 bits per heavy atom. The summed E-state index contributed by atoms with van der Waals surface area (Å²) in [6.07, 6.45) is 8.30. The summed E-state index contributed by atoms with van der Waals surface area (Å²) in [5, 5.41) is 13.0. The van der Waals surface area contributed by atoms with Crippen LogP contribution < -0.4 is 5.48 Å². The molecule has 1 fully saturated rings. The number of amides is 1. The highest BCUT2D eigenvalue weighted by Crippen LogP contribution is 2.32. The van der Waals surface area contributed by atoms with Crippen LogP contribution in [-0.4, -0.2) is 38.7 Å². The summed E-state index contributed by atoms with van der Waals surface area (Å²) in [5.74, 6) is -0.348. The molecule has 4 rings (SSSR count). The fourth-order valence-corrected chi connectivity index (χ4v) is 4.14. The largest absolute Gasteiger partial charge is 0.296 e. The van der Waals surface area contributed by atoms with Crippen molar-refractivity contribution >= 4 is 11.4 Å². The number of nitrogens with one attached hydrogen (secondary N) is 1. The molecule has 6 nitrogen and oxygen atoms in total. The number of pyridine rings is 1. The van der Waals surface area contributed by atoms with Gasteiger partial charge in [-0.3, -0.25) is 14.9 Å². The SMILES string of the molecule is O=C(CCc1ccc(C2CCCN2CCc2cnn3ccccc23)cc1)NO. The van der Waals surface area contributed by atoms with Gasteiger partial charge >= 0.3 is 0 Å². The van der Waals surface area contributed by atoms with Crippen LogP contribution in [0.1, 0.15) is 42.0 Å². The monoisotopic (exact) mass is 378 g/mol. The highest BCUT2D eigenvalue weighted by molar-refractivity contribution is 5.74. The number of likely N-dealkylation sites (tertiary alicyclic amines) is 1. The molecular weight excluding hydrogens is 352 g/mol. The highest BCUT2D eigenvalue weighted by atomic mass is 16.5. The summed E-state index contributed by atoms with van der Waals surface area (Å²) >= 11 is 0. The summed E-state index contributed by atoms with van der Waals surface area (Å²) < 4.78 is 1.94. The third-order valence-corrected chi connectivity index (χ3v) is 5.67. The van der Waals surface area contributed by atoms with Crippen molar-refractivity contribution in [2.24, 2.45) is 0 Å². The van der Waals surface area contributed by atoms with E-state index in [0.717, 1.165) is 25.1 Å². The number of aryl methyl sites for hydroxylation is 1. The molecule has 28 heavy (non-hydrogen) atoms. The molecule has 2 aromatic heterocycles. The zero-order chi connectivity index (χ0) is 19.3. The number of nitrogens with zero attached hydrogens (tertiary/aromatic N) is 3. The Morgan fingerprint density at radius 1 is 1.18 bits per heavy atom. The predicted molar refractivity (Wildman–Crippen MR) is 107 cm³/mol. The summed E-state index contributed by atoms with van der Waals surface area (Å²) in [5.41, 5.74) is 6.62. The summed E-state index contributed by atoms with van der Waals surface area (Å²) in [4.78, 5) is 13.8. The molecule has 2 N–H and O–H groups in total. The highest BCUT2D eigenvalue weighted by Gasteiger charge is 2.25. The van der Waals surface area contributed by atoms with Crippen molar-refractivity contribution in [2.45, 2.75) is 38.1 Å². The number of carbonyl (C=O) groups excluding carboxylic acids is 1. The number of aromatic nitrogens is 2. The molecule has 1 aliphatic heterocycles. The van der Waals surface area contributed by atoms with Gasteiger partial charge in [-0.2, -0.15) is 5.10 Å². The second-order valence-corrected chi connectivity index (χ2v) is 7.42. The predicted octanol–water partition coefficient (Wildman–Crippen LogP) is 3.15. The van der Waals surface area contributed by atoms with E-state index in [2.05, 4.69) is 46.4 Å². The van der Waals surface area contributed by atoms with Crippen LogP contribution in [0.15, 0.2) is 54.9 Å². The van der Waals surface area contributed by atoms with E-state index in [1.54, 1.807) is 5.48 Å². The number of benzene rings is 1. The normalized spacial score (nSPS) is 17.2. The van der Waals surface area contributed by atoms with Crippen LogP contribution >= 0.6 is 0 Å². The third-order valence-electron chi connectivity index (χ3n) is 5.67. The lowest BCUT2D eigenvalue weighted by atomic mass is 10.0. The zero-order valence-corrected chi connectivity index (χ0v) is 15.9. The lowest BCUT2D eigenvalue weighted by Gasteiger charge is -2.25. The minimum absolute atomic E-state index is 0.297. The Kier molecular flexibility index (Phi) is 5.69. The van der Waals surface area contributed by atoms with Crippen LogP contribution in [0.3, 0.4) is 0 Å². The van der Waals surface area contributed by atoms with Gasteiger partial charge in [-0.05, 0) is 61.1 Å². The summed E-state index contributed by atoms with van der Waals surface area (Å²) in [6.45, 7) is 2.15. The first kappa shape index (κ1) is 18.7. The summed E-state index contributed by atoms with van der Waals surface area (Å²) in [6, 6.07) is 15.2. The van der Waals surface area contributed by atoms with E-state index in [4.69, 9.17) is 5.21 Å². The first-order chi connectivity index (χ1) is 13.7. The molecule has 6 heteroatoms. The lowest BCUT2D eigenvalue weighted by molar-refractivity contribution is -0.129. The number of carbonyl (C=O) groups is 1. The van der Waals surface area contributed by atoms with E-state index >= 15 is 0 Å². The second kappa shape index (κ2) is 8.54. The van der Waals surface area contributed by atoms with Crippen LogP contribution in [0.25, 0.3) is 5.52 Å². The smallest absolute Gasteiger partial charge is 0.243 e. The molecule has 146 valence electrons. The standard InChI is InChI=1S/C22H26N4O2/c27-22(24-28)11-8-17-6-9-18(10-7-17)20-5-3-13-25(20)15-12-19-16-23-26-14-2-1-4-21(19)26/h1-2,4,6-7,9-10,14,16,20,28H,3,5,8,11-13,15H2,(H,24,27). The maximum absolute atomic E-state index is 11.2. The molecule has 0 aliphatic carbocycles. The van der Waals surface area contributed by atoms with Gasteiger partial charge in [0.1, 0.15) is 0 Å². The van der Waals surface area contributed by atoms with Gasteiger partial charge < -0.3 is 0 Å². The van der Waals surface area contributed by atoms with Crippen molar-refractivity contribution in [3.05, 3.63) is 71.5 Å². The molecule has 3 aromatic rings. The van der Waals surface area contributed by atoms with E-state index in [-0.39, 0.29) is 5.91 Å². The van der Waals surface area contributed by atoms with E-state index < -0.39 is 0 Å². The van der Waals surface area contributed by atoms with Gasteiger partial charge in [0.25, 0.3) is 0 Å². The van der Waals surface area contributed by atoms with Gasteiger partial charge in [-0.15, -0.1) is 0 Å². The van der Waals surface area contributed by atoms with E-state index in [1.165, 1.54) is 29.5 Å². The van der Waals surface area contributed by atoms with E-state index in [9.17, 15) is 4.79 Å². The molecule has 1 saturated heterocycles. The number of hydroxylamine groups is 1.